The first-order valence-corrected chi connectivity index (χ1v) is 11.6. The molecule has 2 atom stereocenters. The zero-order chi connectivity index (χ0) is 25.8. The number of carbonyl (C=O) groups is 2. The number of benzene rings is 3. The van der Waals surface area contributed by atoms with E-state index in [0.717, 1.165) is 0 Å². The summed E-state index contributed by atoms with van der Waals surface area (Å²) in [6, 6.07) is 15.2. The van der Waals surface area contributed by atoms with Crippen LogP contribution in [0.5, 0.6) is 11.5 Å². The number of nitrogens with one attached hydrogen (secondary N) is 1. The van der Waals surface area contributed by atoms with Crippen LogP contribution in [0.3, 0.4) is 0 Å². The molecule has 0 spiro atoms. The van der Waals surface area contributed by atoms with Gasteiger partial charge in [-0.25, -0.2) is 4.39 Å². The summed E-state index contributed by atoms with van der Waals surface area (Å²) in [6.07, 6.45) is 0. The molecule has 0 radical (unpaired) electrons. The first-order valence-electron chi connectivity index (χ1n) is 11.3. The number of nitrogens with zero attached hydrogens (tertiary/aromatic N) is 1. The predicted octanol–water partition coefficient (Wildman–Crippen LogP) is 5.06. The molecule has 3 aromatic rings. The average molecular weight is 513 g/mol. The van der Waals surface area contributed by atoms with Gasteiger partial charge in [-0.15, -0.1) is 0 Å². The third-order valence-electron chi connectivity index (χ3n) is 6.20. The van der Waals surface area contributed by atoms with Gasteiger partial charge in [-0.2, -0.15) is 0 Å². The van der Waals surface area contributed by atoms with Crippen LogP contribution in [-0.4, -0.2) is 51.2 Å². The molecule has 7 nitrogen and oxygen atoms in total. The molecule has 0 bridgehead atoms. The molecule has 1 N–H and O–H groups in total. The molecule has 188 valence electrons. The van der Waals surface area contributed by atoms with Crippen LogP contribution in [0.15, 0.2) is 60.7 Å². The zero-order valence-electron chi connectivity index (χ0n) is 20.1. The Morgan fingerprint density at radius 3 is 2.39 bits per heavy atom. The van der Waals surface area contributed by atoms with Crippen molar-refractivity contribution in [3.05, 3.63) is 88.2 Å². The fourth-order valence-corrected chi connectivity index (χ4v) is 4.75. The molecule has 0 aliphatic carbocycles. The third kappa shape index (κ3) is 4.87. The Hall–Kier alpha value is -3.62. The van der Waals surface area contributed by atoms with E-state index < -0.39 is 17.8 Å². The van der Waals surface area contributed by atoms with Crippen molar-refractivity contribution in [1.82, 2.24) is 4.90 Å². The highest BCUT2D eigenvalue weighted by Gasteiger charge is 2.44. The van der Waals surface area contributed by atoms with Crippen LogP contribution >= 0.6 is 11.6 Å². The summed E-state index contributed by atoms with van der Waals surface area (Å²) >= 11 is 6.31. The minimum atomic E-state index is -0.813. The third-order valence-corrected chi connectivity index (χ3v) is 6.50. The van der Waals surface area contributed by atoms with Gasteiger partial charge in [0.15, 0.2) is 0 Å². The average Bonchev–Trinajstić information content (AvgIpc) is 2.88. The number of methoxy groups -OCH3 is 3. The molecule has 1 aliphatic rings. The molecular weight excluding hydrogens is 487 g/mol. The number of fused-ring (bicyclic) bond motifs is 1. The Morgan fingerprint density at radius 2 is 1.72 bits per heavy atom. The molecule has 0 saturated carbocycles. The van der Waals surface area contributed by atoms with Crippen molar-refractivity contribution in [1.29, 1.82) is 0 Å². The van der Waals surface area contributed by atoms with Crippen LogP contribution < -0.4 is 14.8 Å². The van der Waals surface area contributed by atoms with Crippen LogP contribution in [0.1, 0.15) is 33.4 Å². The summed E-state index contributed by atoms with van der Waals surface area (Å²) in [5, 5.41) is 3.22. The molecule has 0 unspecified atom stereocenters. The highest BCUT2D eigenvalue weighted by molar-refractivity contribution is 6.32. The lowest BCUT2D eigenvalue weighted by Gasteiger charge is -2.41. The van der Waals surface area contributed by atoms with Crippen molar-refractivity contribution in [3.8, 4) is 11.5 Å². The highest BCUT2D eigenvalue weighted by Crippen LogP contribution is 2.44. The van der Waals surface area contributed by atoms with E-state index in [2.05, 4.69) is 5.32 Å². The van der Waals surface area contributed by atoms with Gasteiger partial charge in [0, 0.05) is 25.3 Å². The number of hydrogen-bond acceptors (Lipinski definition) is 5. The van der Waals surface area contributed by atoms with Crippen LogP contribution in [0.4, 0.5) is 10.1 Å². The Bertz CT molecular complexity index is 1270. The minimum absolute atomic E-state index is 0.230. The van der Waals surface area contributed by atoms with Gasteiger partial charge >= 0.3 is 0 Å². The minimum Gasteiger partial charge on any atom is -0.495 e. The van der Waals surface area contributed by atoms with Gasteiger partial charge in [-0.1, -0.05) is 41.9 Å². The Kier molecular flexibility index (Phi) is 7.76. The van der Waals surface area contributed by atoms with E-state index in [-0.39, 0.29) is 25.0 Å². The first kappa shape index (κ1) is 25.5. The topological polar surface area (TPSA) is 77.1 Å². The molecule has 2 amide bonds. The summed E-state index contributed by atoms with van der Waals surface area (Å²) < 4.78 is 29.7. The molecule has 36 heavy (non-hydrogen) atoms. The quantitative estimate of drug-likeness (QED) is 0.456. The lowest BCUT2D eigenvalue weighted by atomic mass is 9.79. The zero-order valence-corrected chi connectivity index (χ0v) is 20.8. The van der Waals surface area contributed by atoms with Gasteiger partial charge < -0.3 is 24.4 Å². The molecular formula is C27H26ClFN2O5. The summed E-state index contributed by atoms with van der Waals surface area (Å²) in [6.45, 7) is 0.509. The molecule has 0 saturated heterocycles. The summed E-state index contributed by atoms with van der Waals surface area (Å²) in [7, 11) is 4.50. The van der Waals surface area contributed by atoms with Crippen LogP contribution in [0.25, 0.3) is 0 Å². The van der Waals surface area contributed by atoms with Gasteiger partial charge in [0.1, 0.15) is 17.3 Å². The second kappa shape index (κ2) is 11.0. The number of hydrogen-bond donors (Lipinski definition) is 1. The largest absolute Gasteiger partial charge is 0.495 e. The molecule has 0 aromatic heterocycles. The molecule has 1 heterocycles. The number of rotatable bonds is 8. The van der Waals surface area contributed by atoms with Crippen molar-refractivity contribution in [2.75, 3.05) is 39.8 Å². The Balaban J connectivity index is 1.83. The fraction of sp³-hybridized carbons (Fsp3) is 0.259. The van der Waals surface area contributed by atoms with Crippen LogP contribution in [0.2, 0.25) is 5.02 Å². The van der Waals surface area contributed by atoms with Crippen LogP contribution in [-0.2, 0) is 9.53 Å². The lowest BCUT2D eigenvalue weighted by molar-refractivity contribution is -0.119. The molecule has 3 aromatic carbocycles. The van der Waals surface area contributed by atoms with Gasteiger partial charge in [-0.3, -0.25) is 9.59 Å². The monoisotopic (exact) mass is 512 g/mol. The van der Waals surface area contributed by atoms with Crippen molar-refractivity contribution < 1.29 is 28.2 Å². The summed E-state index contributed by atoms with van der Waals surface area (Å²) in [5.41, 5.74) is 1.97. The first-order chi connectivity index (χ1) is 17.4. The molecule has 4 rings (SSSR count). The van der Waals surface area contributed by atoms with E-state index in [0.29, 0.717) is 38.9 Å². The second-order valence-electron chi connectivity index (χ2n) is 8.23. The SMILES string of the molecule is COCCN1C(=O)c2ccccc2[C@H](C(=O)Nc2cc(Cl)c(OC)cc2OC)[C@@H]1c1ccc(F)cc1. The van der Waals surface area contributed by atoms with Gasteiger partial charge in [0.05, 0.1) is 43.5 Å². The molecule has 0 fully saturated rings. The van der Waals surface area contributed by atoms with E-state index in [1.807, 2.05) is 0 Å². The van der Waals surface area contributed by atoms with E-state index >= 15 is 0 Å². The van der Waals surface area contributed by atoms with E-state index in [9.17, 15) is 14.0 Å². The number of halogens is 2. The Morgan fingerprint density at radius 1 is 1.03 bits per heavy atom. The normalized spacial score (nSPS) is 16.9. The van der Waals surface area contributed by atoms with E-state index in [4.69, 9.17) is 25.8 Å². The summed E-state index contributed by atoms with van der Waals surface area (Å²) in [5.74, 6) is -1.08. The van der Waals surface area contributed by atoms with E-state index in [1.165, 1.54) is 26.4 Å². The fourth-order valence-electron chi connectivity index (χ4n) is 4.51. The molecule has 9 heteroatoms. The number of amides is 2. The van der Waals surface area contributed by atoms with Crippen molar-refractivity contribution in [3.63, 3.8) is 0 Å². The van der Waals surface area contributed by atoms with Crippen molar-refractivity contribution in [2.45, 2.75) is 12.0 Å². The molecule has 1 aliphatic heterocycles. The smallest absolute Gasteiger partial charge is 0.254 e. The predicted molar refractivity (Wildman–Crippen MR) is 134 cm³/mol. The van der Waals surface area contributed by atoms with E-state index in [1.54, 1.807) is 60.5 Å². The van der Waals surface area contributed by atoms with Gasteiger partial charge in [-0.05, 0) is 35.4 Å². The number of ether oxygens (including phenoxy) is 3. The lowest BCUT2D eigenvalue weighted by Crippen LogP contribution is -2.47. The van der Waals surface area contributed by atoms with Crippen molar-refractivity contribution in [2.24, 2.45) is 0 Å². The number of carbonyl (C=O) groups excluding carboxylic acids is 2. The second-order valence-corrected chi connectivity index (χ2v) is 8.64. The maximum atomic E-state index is 14.0. The standard InChI is InChI=1S/C27H26ClFN2O5/c1-34-13-12-31-25(16-8-10-17(29)11-9-16)24(18-6-4-5-7-19(18)27(31)33)26(32)30-21-14-20(28)22(35-2)15-23(21)36-3/h4-11,14-15,24-25H,12-13H2,1-3H3,(H,30,32)/t24-,25-/m0/s1. The van der Waals surface area contributed by atoms with Gasteiger partial charge in [0.2, 0.25) is 5.91 Å². The maximum absolute atomic E-state index is 14.0. The maximum Gasteiger partial charge on any atom is 0.254 e. The highest BCUT2D eigenvalue weighted by atomic mass is 35.5. The van der Waals surface area contributed by atoms with Crippen LogP contribution in [0, 0.1) is 5.82 Å². The van der Waals surface area contributed by atoms with Crippen molar-refractivity contribution >= 4 is 29.1 Å². The van der Waals surface area contributed by atoms with Gasteiger partial charge in [0.25, 0.3) is 5.91 Å². The Labute approximate surface area is 213 Å². The summed E-state index contributed by atoms with van der Waals surface area (Å²) in [4.78, 5) is 29.1. The number of anilines is 1.